The molecule has 4 fully saturated rings. The second-order valence-corrected chi connectivity index (χ2v) is 13.3. The number of hydrogen-bond donors (Lipinski definition) is 1. The number of hydrogen-bond acceptors (Lipinski definition) is 10. The Morgan fingerprint density at radius 2 is 2.02 bits per heavy atom. The van der Waals surface area contributed by atoms with E-state index in [1.165, 1.54) is 0 Å². The number of carbonyl (C=O) groups is 1. The van der Waals surface area contributed by atoms with Crippen molar-refractivity contribution in [1.29, 1.82) is 0 Å². The van der Waals surface area contributed by atoms with E-state index >= 15 is 4.39 Å². The van der Waals surface area contributed by atoms with Crippen LogP contribution >= 0.6 is 11.6 Å². The molecule has 5 aliphatic heterocycles. The first-order chi connectivity index (χ1) is 19.6. The Labute approximate surface area is 242 Å². The molecule has 0 aromatic carbocycles. The lowest BCUT2D eigenvalue weighted by Crippen LogP contribution is -2.63. The molecule has 0 spiro atoms. The van der Waals surface area contributed by atoms with Gasteiger partial charge in [0.05, 0.1) is 30.3 Å². The fourth-order valence-electron chi connectivity index (χ4n) is 7.71. The molecule has 11 nitrogen and oxygen atoms in total. The summed E-state index contributed by atoms with van der Waals surface area (Å²) in [5.41, 5.74) is -0.802. The van der Waals surface area contributed by atoms with Gasteiger partial charge in [0, 0.05) is 12.6 Å². The first-order valence-electron chi connectivity index (χ1n) is 14.6. The minimum absolute atomic E-state index is 0.00278. The number of halogens is 2. The highest BCUT2D eigenvalue weighted by molar-refractivity contribution is 6.30. The van der Waals surface area contributed by atoms with Crippen LogP contribution < -0.4 is 14.4 Å². The fraction of sp³-hybridized carbons (Fsp3) is 0.714. The van der Waals surface area contributed by atoms with Crippen LogP contribution in [0.5, 0.6) is 11.9 Å². The number of piperazine rings is 1. The Morgan fingerprint density at radius 1 is 1.20 bits per heavy atom. The number of carbonyl (C=O) groups excluding carboxylic acids is 1. The van der Waals surface area contributed by atoms with Gasteiger partial charge < -0.3 is 24.2 Å². The lowest BCUT2D eigenvalue weighted by molar-refractivity contribution is 0.00537. The maximum Gasteiger partial charge on any atom is 0.410 e. The average molecular weight is 591 g/mol. The zero-order valence-corrected chi connectivity index (χ0v) is 24.4. The van der Waals surface area contributed by atoms with Crippen molar-refractivity contribution in [2.75, 3.05) is 37.8 Å². The van der Waals surface area contributed by atoms with E-state index in [9.17, 15) is 9.90 Å². The molecule has 1 N–H and O–H groups in total. The Morgan fingerprint density at radius 3 is 2.80 bits per heavy atom. The first kappa shape index (κ1) is 27.2. The van der Waals surface area contributed by atoms with E-state index in [4.69, 9.17) is 30.8 Å². The molecule has 4 saturated heterocycles. The molecule has 5 atom stereocenters. The second-order valence-electron chi connectivity index (χ2n) is 13.0. The molecule has 0 aliphatic carbocycles. The molecule has 2 unspecified atom stereocenters. The van der Waals surface area contributed by atoms with Crippen LogP contribution in [0.2, 0.25) is 5.15 Å². The Balaban J connectivity index is 1.25. The van der Waals surface area contributed by atoms with E-state index in [0.29, 0.717) is 24.4 Å². The van der Waals surface area contributed by atoms with Gasteiger partial charge in [-0.1, -0.05) is 11.6 Å². The van der Waals surface area contributed by atoms with Crippen LogP contribution in [-0.4, -0.2) is 104 Å². The molecular weight excluding hydrogens is 555 g/mol. The Kier molecular flexibility index (Phi) is 6.40. The van der Waals surface area contributed by atoms with E-state index < -0.39 is 11.4 Å². The van der Waals surface area contributed by atoms with Gasteiger partial charge in [0.15, 0.2) is 11.0 Å². The molecular formula is C28H36ClFN6O5. The third kappa shape index (κ3) is 4.36. The highest BCUT2D eigenvalue weighted by atomic mass is 35.5. The Bertz CT molecular complexity index is 1390. The molecule has 41 heavy (non-hydrogen) atoms. The second kappa shape index (κ2) is 9.67. The maximum absolute atomic E-state index is 15.5. The largest absolute Gasteiger partial charge is 0.475 e. The van der Waals surface area contributed by atoms with Gasteiger partial charge in [0.2, 0.25) is 5.88 Å². The van der Waals surface area contributed by atoms with E-state index in [-0.39, 0.29) is 71.6 Å². The predicted octanol–water partition coefficient (Wildman–Crippen LogP) is 3.53. The quantitative estimate of drug-likeness (QED) is 0.531. The number of nitrogens with zero attached hydrogens (tertiary/aromatic N) is 6. The summed E-state index contributed by atoms with van der Waals surface area (Å²) < 4.78 is 33.6. The summed E-state index contributed by atoms with van der Waals surface area (Å²) in [5, 5.41) is 9.89. The molecule has 0 radical (unpaired) electrons. The topological polar surface area (TPSA) is 113 Å². The van der Waals surface area contributed by atoms with Gasteiger partial charge in [-0.15, -0.1) is 0 Å². The maximum atomic E-state index is 15.5. The lowest BCUT2D eigenvalue weighted by Gasteiger charge is -2.46. The molecule has 2 bridgehead atoms. The first-order valence-corrected chi connectivity index (χ1v) is 14.9. The highest BCUT2D eigenvalue weighted by Gasteiger charge is 2.52. The number of aliphatic hydroxyl groups excluding tert-OH is 1. The van der Waals surface area contributed by atoms with Crippen molar-refractivity contribution in [1.82, 2.24) is 24.8 Å². The van der Waals surface area contributed by atoms with Crippen LogP contribution in [0.1, 0.15) is 59.3 Å². The summed E-state index contributed by atoms with van der Waals surface area (Å²) in [6.07, 6.45) is 5.09. The number of aromatic nitrogens is 3. The third-order valence-electron chi connectivity index (χ3n) is 9.45. The molecule has 2 aromatic heterocycles. The minimum atomic E-state index is -0.752. The standard InChI is InChI=1S/C28H36ClFN6O5/c1-27(2,3)41-26(38)36-15-5-6-17(36)18-13-39-24-19-21(20(30)22(29)32-24)31-25(33-23(19)34(18)11-15)40-14-28-8-4-10-35(28)16(12-37)7-9-28/h15-18,37H,4-14H2,1-3H3/t15-,16?,17+,18-,28?/m1/s1. The summed E-state index contributed by atoms with van der Waals surface area (Å²) in [6.45, 7) is 7.66. The van der Waals surface area contributed by atoms with Gasteiger partial charge in [0.25, 0.3) is 0 Å². The van der Waals surface area contributed by atoms with Crippen LogP contribution in [0.4, 0.5) is 15.0 Å². The van der Waals surface area contributed by atoms with E-state index in [0.717, 1.165) is 45.1 Å². The smallest absolute Gasteiger partial charge is 0.410 e. The van der Waals surface area contributed by atoms with Gasteiger partial charge in [-0.25, -0.2) is 9.18 Å². The summed E-state index contributed by atoms with van der Waals surface area (Å²) in [4.78, 5) is 33.0. The van der Waals surface area contributed by atoms with Crippen LogP contribution in [0.25, 0.3) is 10.9 Å². The zero-order valence-electron chi connectivity index (χ0n) is 23.6. The van der Waals surface area contributed by atoms with Gasteiger partial charge in [-0.2, -0.15) is 15.0 Å². The molecule has 2 aromatic rings. The number of aliphatic hydroxyl groups is 1. The normalized spacial score (nSPS) is 30.7. The lowest BCUT2D eigenvalue weighted by atomic mass is 9.95. The van der Waals surface area contributed by atoms with Gasteiger partial charge >= 0.3 is 12.1 Å². The number of fused-ring (bicyclic) bond motifs is 6. The van der Waals surface area contributed by atoms with E-state index in [1.807, 2.05) is 25.7 Å². The van der Waals surface area contributed by atoms with Crippen molar-refractivity contribution in [3.63, 3.8) is 0 Å². The number of amides is 1. The predicted molar refractivity (Wildman–Crippen MR) is 148 cm³/mol. The van der Waals surface area contributed by atoms with Crippen molar-refractivity contribution < 1.29 is 28.5 Å². The molecule has 5 aliphatic rings. The van der Waals surface area contributed by atoms with Crippen LogP contribution in [0, 0.1) is 5.82 Å². The summed E-state index contributed by atoms with van der Waals surface area (Å²) in [6, 6.07) is -0.328. The van der Waals surface area contributed by atoms with E-state index in [2.05, 4.69) is 19.8 Å². The van der Waals surface area contributed by atoms with Crippen molar-refractivity contribution in [3.8, 4) is 11.9 Å². The monoisotopic (exact) mass is 590 g/mol. The third-order valence-corrected chi connectivity index (χ3v) is 9.70. The minimum Gasteiger partial charge on any atom is -0.475 e. The average Bonchev–Trinajstić information content (AvgIpc) is 3.55. The van der Waals surface area contributed by atoms with Crippen molar-refractivity contribution in [2.24, 2.45) is 0 Å². The van der Waals surface area contributed by atoms with E-state index in [1.54, 1.807) is 0 Å². The van der Waals surface area contributed by atoms with Crippen LogP contribution in [0.3, 0.4) is 0 Å². The highest BCUT2D eigenvalue weighted by Crippen LogP contribution is 2.46. The van der Waals surface area contributed by atoms with Gasteiger partial charge in [-0.05, 0) is 65.8 Å². The van der Waals surface area contributed by atoms with Crippen LogP contribution in [-0.2, 0) is 4.74 Å². The Hall–Kier alpha value is -2.70. The van der Waals surface area contributed by atoms with Crippen molar-refractivity contribution in [3.05, 3.63) is 11.0 Å². The molecule has 7 heterocycles. The fourth-order valence-corrected chi connectivity index (χ4v) is 7.87. The molecule has 13 heteroatoms. The SMILES string of the molecule is CC(C)(C)OC(=O)N1[C@@H]2CC[C@H]1[C@H]1COc3nc(Cl)c(F)c4nc(OCC56CCCN5C(CO)CC6)nc(c34)N1C2. The summed E-state index contributed by atoms with van der Waals surface area (Å²) in [5.74, 6) is -0.103. The van der Waals surface area contributed by atoms with Crippen molar-refractivity contribution >= 4 is 34.4 Å². The van der Waals surface area contributed by atoms with Crippen molar-refractivity contribution in [2.45, 2.75) is 94.6 Å². The summed E-state index contributed by atoms with van der Waals surface area (Å²) >= 11 is 6.20. The number of anilines is 1. The molecule has 1 amide bonds. The zero-order chi connectivity index (χ0) is 28.7. The van der Waals surface area contributed by atoms with Crippen LogP contribution in [0.15, 0.2) is 0 Å². The summed E-state index contributed by atoms with van der Waals surface area (Å²) in [7, 11) is 0. The number of pyridine rings is 1. The van der Waals surface area contributed by atoms with Gasteiger partial charge in [-0.3, -0.25) is 9.80 Å². The molecule has 0 saturated carbocycles. The number of rotatable bonds is 4. The molecule has 7 rings (SSSR count). The van der Waals surface area contributed by atoms with Gasteiger partial charge in [0.1, 0.15) is 35.5 Å². The number of ether oxygens (including phenoxy) is 3. The molecule has 222 valence electrons.